The van der Waals surface area contributed by atoms with Gasteiger partial charge in [0.2, 0.25) is 0 Å². The molecule has 0 aromatic heterocycles. The van der Waals surface area contributed by atoms with E-state index < -0.39 is 0 Å². The highest BCUT2D eigenvalue weighted by atomic mass is 16.5. The number of rotatable bonds is 1. The number of likely N-dealkylation sites (N-methyl/N-ethyl adjacent to an activating group) is 1. The van der Waals surface area contributed by atoms with E-state index >= 15 is 0 Å². The first-order valence-electron chi connectivity index (χ1n) is 6.38. The number of fused-ring (bicyclic) bond motifs is 2. The van der Waals surface area contributed by atoms with Crippen LogP contribution in [0.5, 0.6) is 11.5 Å². The molecular formula is C16H17NO. The predicted octanol–water partition coefficient (Wildman–Crippen LogP) is 3.17. The second-order valence-corrected chi connectivity index (χ2v) is 4.71. The minimum atomic E-state index is 0.455. The third kappa shape index (κ3) is 2.12. The van der Waals surface area contributed by atoms with Crippen LogP contribution in [0.2, 0.25) is 0 Å². The van der Waals surface area contributed by atoms with E-state index in [2.05, 4.69) is 29.6 Å². The summed E-state index contributed by atoms with van der Waals surface area (Å²) in [5, 5.41) is 3.40. The molecule has 92 valence electrons. The summed E-state index contributed by atoms with van der Waals surface area (Å²) in [6, 6.07) is 17.0. The van der Waals surface area contributed by atoms with Crippen molar-refractivity contribution in [2.75, 3.05) is 7.05 Å². The molecule has 0 amide bonds. The molecule has 2 heteroatoms. The lowest BCUT2D eigenvalue weighted by molar-refractivity contribution is 0.441. The van der Waals surface area contributed by atoms with Gasteiger partial charge in [-0.3, -0.25) is 0 Å². The zero-order valence-corrected chi connectivity index (χ0v) is 10.5. The Morgan fingerprint density at radius 3 is 1.89 bits per heavy atom. The van der Waals surface area contributed by atoms with Gasteiger partial charge in [-0.2, -0.15) is 0 Å². The molecule has 0 spiro atoms. The zero-order valence-electron chi connectivity index (χ0n) is 10.5. The van der Waals surface area contributed by atoms with Crippen LogP contribution in [0.15, 0.2) is 48.5 Å². The van der Waals surface area contributed by atoms with E-state index in [4.69, 9.17) is 4.74 Å². The Hall–Kier alpha value is -1.80. The van der Waals surface area contributed by atoms with Gasteiger partial charge >= 0.3 is 0 Å². The lowest BCUT2D eigenvalue weighted by Crippen LogP contribution is -2.30. The molecule has 2 aromatic rings. The highest BCUT2D eigenvalue weighted by Crippen LogP contribution is 2.32. The van der Waals surface area contributed by atoms with Crippen LogP contribution in [0.3, 0.4) is 0 Å². The smallest absolute Gasteiger partial charge is 0.130 e. The number of hydrogen-bond donors (Lipinski definition) is 1. The van der Waals surface area contributed by atoms with E-state index in [9.17, 15) is 0 Å². The van der Waals surface area contributed by atoms with Crippen LogP contribution >= 0.6 is 0 Å². The van der Waals surface area contributed by atoms with Crippen LogP contribution in [0, 0.1) is 0 Å². The highest BCUT2D eigenvalue weighted by molar-refractivity contribution is 5.43. The molecule has 3 rings (SSSR count). The molecule has 0 bridgehead atoms. The molecule has 18 heavy (non-hydrogen) atoms. The summed E-state index contributed by atoms with van der Waals surface area (Å²) in [6.45, 7) is 0. The van der Waals surface area contributed by atoms with Gasteiger partial charge in [0, 0.05) is 6.04 Å². The largest absolute Gasteiger partial charge is 0.457 e. The van der Waals surface area contributed by atoms with Gasteiger partial charge in [-0.1, -0.05) is 36.4 Å². The fraction of sp³-hybridized carbons (Fsp3) is 0.250. The van der Waals surface area contributed by atoms with Gasteiger partial charge in [-0.15, -0.1) is 0 Å². The predicted molar refractivity (Wildman–Crippen MR) is 73.2 cm³/mol. The normalized spacial score (nSPS) is 14.9. The van der Waals surface area contributed by atoms with Crippen LogP contribution in [0.25, 0.3) is 0 Å². The molecule has 0 fully saturated rings. The first kappa shape index (κ1) is 11.3. The van der Waals surface area contributed by atoms with Crippen molar-refractivity contribution in [2.45, 2.75) is 18.9 Å². The Morgan fingerprint density at radius 1 is 0.889 bits per heavy atom. The van der Waals surface area contributed by atoms with Crippen LogP contribution in [-0.4, -0.2) is 13.1 Å². The Balaban J connectivity index is 2.07. The van der Waals surface area contributed by atoms with E-state index in [1.54, 1.807) is 0 Å². The van der Waals surface area contributed by atoms with Crippen LogP contribution < -0.4 is 10.1 Å². The van der Waals surface area contributed by atoms with Gasteiger partial charge in [0.05, 0.1) is 0 Å². The summed E-state index contributed by atoms with van der Waals surface area (Å²) in [4.78, 5) is 0. The maximum Gasteiger partial charge on any atom is 0.130 e. The second-order valence-electron chi connectivity index (χ2n) is 4.71. The van der Waals surface area contributed by atoms with Gasteiger partial charge in [0.15, 0.2) is 0 Å². The topological polar surface area (TPSA) is 21.3 Å². The van der Waals surface area contributed by atoms with E-state index in [0.717, 1.165) is 24.3 Å². The number of ether oxygens (including phenoxy) is 1. The van der Waals surface area contributed by atoms with Crippen molar-refractivity contribution in [2.24, 2.45) is 0 Å². The van der Waals surface area contributed by atoms with Gasteiger partial charge < -0.3 is 10.1 Å². The first-order valence-corrected chi connectivity index (χ1v) is 6.38. The Morgan fingerprint density at radius 2 is 1.39 bits per heavy atom. The third-order valence-electron chi connectivity index (χ3n) is 3.51. The Kier molecular flexibility index (Phi) is 3.03. The summed E-state index contributed by atoms with van der Waals surface area (Å²) in [5.74, 6) is 1.95. The lowest BCUT2D eigenvalue weighted by atomic mass is 9.96. The molecule has 2 nitrogen and oxygen atoms in total. The van der Waals surface area contributed by atoms with Crippen LogP contribution in [0.4, 0.5) is 0 Å². The van der Waals surface area contributed by atoms with Crippen molar-refractivity contribution in [3.05, 3.63) is 59.7 Å². The highest BCUT2D eigenvalue weighted by Gasteiger charge is 2.18. The summed E-state index contributed by atoms with van der Waals surface area (Å²) in [5.41, 5.74) is 2.54. The van der Waals surface area contributed by atoms with Gasteiger partial charge in [-0.25, -0.2) is 0 Å². The monoisotopic (exact) mass is 239 g/mol. The first-order chi connectivity index (χ1) is 8.86. The number of hydrogen-bond acceptors (Lipinski definition) is 2. The third-order valence-corrected chi connectivity index (χ3v) is 3.51. The molecule has 1 aliphatic heterocycles. The molecule has 0 saturated carbocycles. The average molecular weight is 239 g/mol. The Labute approximate surface area is 108 Å². The van der Waals surface area contributed by atoms with Crippen LogP contribution in [-0.2, 0) is 12.8 Å². The molecule has 1 N–H and O–H groups in total. The van der Waals surface area contributed by atoms with Crippen LogP contribution in [0.1, 0.15) is 11.1 Å². The molecule has 0 unspecified atom stereocenters. The molecule has 0 aliphatic carbocycles. The van der Waals surface area contributed by atoms with E-state index in [-0.39, 0.29) is 0 Å². The molecule has 1 aliphatic rings. The van der Waals surface area contributed by atoms with Crippen molar-refractivity contribution in [3.8, 4) is 11.5 Å². The molecule has 2 aromatic carbocycles. The Bertz CT molecular complexity index is 503. The van der Waals surface area contributed by atoms with Gasteiger partial charge in [0.25, 0.3) is 0 Å². The molecule has 0 saturated heterocycles. The SMILES string of the molecule is CNC1Cc2ccccc2Oc2ccccc2C1. The van der Waals surface area contributed by atoms with Crippen molar-refractivity contribution in [3.63, 3.8) is 0 Å². The van der Waals surface area contributed by atoms with Crippen molar-refractivity contribution >= 4 is 0 Å². The second kappa shape index (κ2) is 4.83. The maximum atomic E-state index is 6.05. The number of benzene rings is 2. The van der Waals surface area contributed by atoms with Crippen molar-refractivity contribution < 1.29 is 4.74 Å². The summed E-state index contributed by atoms with van der Waals surface area (Å²) in [7, 11) is 2.03. The quantitative estimate of drug-likeness (QED) is 0.825. The van der Waals surface area contributed by atoms with Gasteiger partial charge in [-0.05, 0) is 43.1 Å². The zero-order chi connectivity index (χ0) is 12.4. The standard InChI is InChI=1S/C16H17NO/c1-17-14-10-12-6-2-4-8-15(12)18-16-9-5-3-7-13(16)11-14/h2-9,14,17H,10-11H2,1H3. The van der Waals surface area contributed by atoms with Gasteiger partial charge in [0.1, 0.15) is 11.5 Å². The molecule has 0 radical (unpaired) electrons. The minimum absolute atomic E-state index is 0.455. The summed E-state index contributed by atoms with van der Waals surface area (Å²) in [6.07, 6.45) is 2.00. The fourth-order valence-corrected chi connectivity index (χ4v) is 2.47. The van der Waals surface area contributed by atoms with E-state index in [1.807, 2.05) is 31.3 Å². The number of nitrogens with one attached hydrogen (secondary N) is 1. The number of para-hydroxylation sites is 2. The summed E-state index contributed by atoms with van der Waals surface area (Å²) >= 11 is 0. The lowest BCUT2D eigenvalue weighted by Gasteiger charge is -2.23. The van der Waals surface area contributed by atoms with Crippen molar-refractivity contribution in [1.82, 2.24) is 5.32 Å². The molecule has 1 heterocycles. The average Bonchev–Trinajstić information content (AvgIpc) is 2.39. The summed E-state index contributed by atoms with van der Waals surface area (Å²) < 4.78 is 6.05. The van der Waals surface area contributed by atoms with E-state index in [0.29, 0.717) is 6.04 Å². The van der Waals surface area contributed by atoms with E-state index in [1.165, 1.54) is 11.1 Å². The molecule has 0 atom stereocenters. The maximum absolute atomic E-state index is 6.05. The fourth-order valence-electron chi connectivity index (χ4n) is 2.47. The molecular weight excluding hydrogens is 222 g/mol. The van der Waals surface area contributed by atoms with Crippen molar-refractivity contribution in [1.29, 1.82) is 0 Å². The minimum Gasteiger partial charge on any atom is -0.457 e.